The van der Waals surface area contributed by atoms with Crippen molar-refractivity contribution in [3.05, 3.63) is 76.9 Å². The predicted octanol–water partition coefficient (Wildman–Crippen LogP) is 4.17. The van der Waals surface area contributed by atoms with Crippen molar-refractivity contribution in [2.45, 2.75) is 19.8 Å². The highest BCUT2D eigenvalue weighted by Crippen LogP contribution is 2.35. The Labute approximate surface area is 141 Å². The van der Waals surface area contributed by atoms with Gasteiger partial charge >= 0.3 is 5.97 Å². The fraction of sp³-hybridized carbons (Fsp3) is 0.150. The van der Waals surface area contributed by atoms with Gasteiger partial charge < -0.3 is 15.3 Å². The molecule has 0 bridgehead atoms. The van der Waals surface area contributed by atoms with Crippen molar-refractivity contribution in [3.8, 4) is 11.5 Å². The lowest BCUT2D eigenvalue weighted by molar-refractivity contribution is 0.0692. The number of carboxylic acid groups (broad SMARTS) is 1. The molecule has 124 valence electrons. The van der Waals surface area contributed by atoms with Gasteiger partial charge in [0.05, 0.1) is 5.56 Å². The molecule has 0 fully saturated rings. The van der Waals surface area contributed by atoms with Crippen LogP contribution >= 0.6 is 0 Å². The van der Waals surface area contributed by atoms with Crippen molar-refractivity contribution in [2.75, 3.05) is 0 Å². The monoisotopic (exact) mass is 324 g/mol. The van der Waals surface area contributed by atoms with Crippen molar-refractivity contribution in [3.63, 3.8) is 0 Å². The minimum atomic E-state index is -1.22. The molecule has 0 saturated heterocycles. The number of hydrogen-bond acceptors (Lipinski definition) is 3. The summed E-state index contributed by atoms with van der Waals surface area (Å²) in [5.41, 5.74) is 2.08. The van der Waals surface area contributed by atoms with Crippen LogP contribution in [0.4, 0.5) is 0 Å². The highest BCUT2D eigenvalue weighted by atomic mass is 16.4. The topological polar surface area (TPSA) is 77.8 Å². The molecule has 0 aliphatic heterocycles. The normalized spacial score (nSPS) is 10.9. The maximum Gasteiger partial charge on any atom is 0.339 e. The Morgan fingerprint density at radius 1 is 1.17 bits per heavy atom. The first-order valence-electron chi connectivity index (χ1n) is 7.58. The fourth-order valence-electron chi connectivity index (χ4n) is 2.47. The zero-order valence-corrected chi connectivity index (χ0v) is 13.5. The molecule has 0 amide bonds. The van der Waals surface area contributed by atoms with E-state index in [1.807, 2.05) is 30.3 Å². The highest BCUT2D eigenvalue weighted by molar-refractivity contribution is 5.95. The Bertz CT molecular complexity index is 789. The van der Waals surface area contributed by atoms with Crippen LogP contribution in [0.15, 0.2) is 54.6 Å². The van der Waals surface area contributed by atoms with Crippen LogP contribution in [-0.2, 0) is 12.8 Å². The Morgan fingerprint density at radius 2 is 1.83 bits per heavy atom. The van der Waals surface area contributed by atoms with Crippen LogP contribution < -0.4 is 0 Å². The maximum absolute atomic E-state index is 11.6. The number of benzene rings is 2. The molecule has 0 spiro atoms. The van der Waals surface area contributed by atoms with E-state index in [1.54, 1.807) is 13.0 Å². The molecule has 0 aliphatic carbocycles. The zero-order chi connectivity index (χ0) is 17.7. The van der Waals surface area contributed by atoms with E-state index >= 15 is 0 Å². The summed E-state index contributed by atoms with van der Waals surface area (Å²) in [6, 6.07) is 11.0. The number of hydrogen-bond donors (Lipinski definition) is 3. The van der Waals surface area contributed by atoms with Gasteiger partial charge in [-0.1, -0.05) is 48.6 Å². The van der Waals surface area contributed by atoms with E-state index in [9.17, 15) is 20.1 Å². The molecule has 0 saturated carbocycles. The summed E-state index contributed by atoms with van der Waals surface area (Å²) in [6.07, 6.45) is 4.07. The van der Waals surface area contributed by atoms with Crippen LogP contribution in [0, 0.1) is 0 Å². The Hall–Kier alpha value is -3.01. The minimum Gasteiger partial charge on any atom is -0.507 e. The van der Waals surface area contributed by atoms with E-state index < -0.39 is 11.7 Å². The van der Waals surface area contributed by atoms with Gasteiger partial charge in [-0.3, -0.25) is 0 Å². The number of carboxylic acids is 1. The van der Waals surface area contributed by atoms with Gasteiger partial charge in [0.1, 0.15) is 17.1 Å². The van der Waals surface area contributed by atoms with Crippen molar-refractivity contribution in [2.24, 2.45) is 0 Å². The lowest BCUT2D eigenvalue weighted by Crippen LogP contribution is -2.05. The second kappa shape index (κ2) is 7.51. The van der Waals surface area contributed by atoms with Gasteiger partial charge in [-0.2, -0.15) is 0 Å². The van der Waals surface area contributed by atoms with E-state index in [0.717, 1.165) is 11.1 Å². The number of phenolic OH excluding ortho intramolecular Hbond substituents is 1. The quantitative estimate of drug-likeness (QED) is 0.697. The van der Waals surface area contributed by atoms with Gasteiger partial charge in [0.25, 0.3) is 0 Å². The third-order valence-electron chi connectivity index (χ3n) is 3.67. The molecule has 0 atom stereocenters. The molecule has 0 unspecified atom stereocenters. The molecule has 2 aromatic carbocycles. The predicted molar refractivity (Wildman–Crippen MR) is 94.4 cm³/mol. The van der Waals surface area contributed by atoms with E-state index in [4.69, 9.17) is 0 Å². The summed E-state index contributed by atoms with van der Waals surface area (Å²) in [5.74, 6) is -1.80. The number of aromatic hydroxyl groups is 2. The molecule has 2 rings (SSSR count). The van der Waals surface area contributed by atoms with Gasteiger partial charge in [0.2, 0.25) is 0 Å². The summed E-state index contributed by atoms with van der Waals surface area (Å²) in [4.78, 5) is 11.6. The second-order valence-electron chi connectivity index (χ2n) is 5.66. The highest BCUT2D eigenvalue weighted by Gasteiger charge is 2.21. The van der Waals surface area contributed by atoms with E-state index in [1.165, 1.54) is 12.1 Å². The summed E-state index contributed by atoms with van der Waals surface area (Å²) in [5, 5.41) is 29.9. The van der Waals surface area contributed by atoms with Crippen LogP contribution in [0.2, 0.25) is 0 Å². The summed E-state index contributed by atoms with van der Waals surface area (Å²) in [6.45, 7) is 5.46. The van der Waals surface area contributed by atoms with Crippen LogP contribution in [0.5, 0.6) is 11.5 Å². The zero-order valence-electron chi connectivity index (χ0n) is 13.5. The van der Waals surface area contributed by atoms with E-state index in [0.29, 0.717) is 18.4 Å². The summed E-state index contributed by atoms with van der Waals surface area (Å²) < 4.78 is 0. The average molecular weight is 324 g/mol. The number of carbonyl (C=O) groups is 1. The largest absolute Gasteiger partial charge is 0.507 e. The first-order chi connectivity index (χ1) is 11.4. The van der Waals surface area contributed by atoms with Crippen molar-refractivity contribution < 1.29 is 20.1 Å². The molecular formula is C20H20O4. The number of allylic oxidation sites excluding steroid dienone is 2. The fourth-order valence-corrected chi connectivity index (χ4v) is 2.47. The third-order valence-corrected chi connectivity index (χ3v) is 3.67. The van der Waals surface area contributed by atoms with Crippen LogP contribution in [0.1, 0.15) is 34.0 Å². The minimum absolute atomic E-state index is 0.0823. The standard InChI is InChI=1S/C20H20O4/c1-13(2)8-11-16-17(21)12-15(18(19(16)22)20(23)24)10-9-14-6-4-3-5-7-14/h3-8,11-12,21-22H,1,9-10H2,2H3,(H,23,24). The first-order valence-corrected chi connectivity index (χ1v) is 7.58. The van der Waals surface area contributed by atoms with Crippen molar-refractivity contribution in [1.29, 1.82) is 0 Å². The summed E-state index contributed by atoms with van der Waals surface area (Å²) in [7, 11) is 0. The third kappa shape index (κ3) is 4.04. The molecular weight excluding hydrogens is 304 g/mol. The SMILES string of the molecule is C=C(C)C=Cc1c(O)cc(CCc2ccccc2)c(C(=O)O)c1O. The average Bonchev–Trinajstić information content (AvgIpc) is 2.52. The first kappa shape index (κ1) is 17.3. The molecule has 2 aromatic rings. The Morgan fingerprint density at radius 3 is 2.42 bits per heavy atom. The van der Waals surface area contributed by atoms with E-state index in [2.05, 4.69) is 6.58 Å². The van der Waals surface area contributed by atoms with Crippen molar-refractivity contribution >= 4 is 12.0 Å². The number of rotatable bonds is 6. The van der Waals surface area contributed by atoms with E-state index in [-0.39, 0.29) is 16.9 Å². The smallest absolute Gasteiger partial charge is 0.339 e. The summed E-state index contributed by atoms with van der Waals surface area (Å²) >= 11 is 0. The lowest BCUT2D eigenvalue weighted by Gasteiger charge is -2.12. The van der Waals surface area contributed by atoms with Gasteiger partial charge in [-0.15, -0.1) is 0 Å². The molecule has 4 heteroatoms. The van der Waals surface area contributed by atoms with Crippen LogP contribution in [0.3, 0.4) is 0 Å². The molecule has 0 heterocycles. The van der Waals surface area contributed by atoms with Gasteiger partial charge in [-0.25, -0.2) is 4.79 Å². The second-order valence-corrected chi connectivity index (χ2v) is 5.66. The molecule has 0 aromatic heterocycles. The van der Waals surface area contributed by atoms with Gasteiger partial charge in [0, 0.05) is 0 Å². The van der Waals surface area contributed by atoms with Gasteiger partial charge in [0.15, 0.2) is 0 Å². The lowest BCUT2D eigenvalue weighted by atomic mass is 9.95. The number of aryl methyl sites for hydroxylation is 2. The number of aromatic carboxylic acids is 1. The molecule has 4 nitrogen and oxygen atoms in total. The molecule has 0 aliphatic rings. The van der Waals surface area contributed by atoms with Crippen LogP contribution in [-0.4, -0.2) is 21.3 Å². The molecule has 3 N–H and O–H groups in total. The Balaban J connectivity index is 2.41. The molecule has 24 heavy (non-hydrogen) atoms. The maximum atomic E-state index is 11.6. The Kier molecular flexibility index (Phi) is 5.42. The number of phenols is 2. The molecule has 0 radical (unpaired) electrons. The van der Waals surface area contributed by atoms with Gasteiger partial charge in [-0.05, 0) is 43.0 Å². The van der Waals surface area contributed by atoms with Crippen LogP contribution in [0.25, 0.3) is 6.08 Å². The van der Waals surface area contributed by atoms with Crippen molar-refractivity contribution in [1.82, 2.24) is 0 Å².